The van der Waals surface area contributed by atoms with E-state index in [-0.39, 0.29) is 0 Å². The van der Waals surface area contributed by atoms with Gasteiger partial charge in [-0.25, -0.2) is 0 Å². The third-order valence-electron chi connectivity index (χ3n) is 3.37. The quantitative estimate of drug-likeness (QED) is 0.697. The Kier molecular flexibility index (Phi) is 6.50. The Bertz CT molecular complexity index is 257. The summed E-state index contributed by atoms with van der Waals surface area (Å²) in [6.07, 6.45) is 1.31. The zero-order valence-electron chi connectivity index (χ0n) is 10.6. The molecule has 0 saturated carbocycles. The lowest BCUT2D eigenvalue weighted by Gasteiger charge is -2.30. The Labute approximate surface area is 98.2 Å². The van der Waals surface area contributed by atoms with Crippen LogP contribution in [0, 0.1) is 0 Å². The zero-order valence-corrected chi connectivity index (χ0v) is 12.4. The van der Waals surface area contributed by atoms with Crippen LogP contribution >= 0.6 is 14.3 Å². The molecule has 98 valence electrons. The van der Waals surface area contributed by atoms with E-state index in [2.05, 4.69) is 0 Å². The summed E-state index contributed by atoms with van der Waals surface area (Å²) >= 11 is 0. The molecule has 0 aromatic carbocycles. The first-order valence-electron chi connectivity index (χ1n) is 5.82. The maximum Gasteiger partial charge on any atom is 0.139 e. The van der Waals surface area contributed by atoms with Gasteiger partial charge in [-0.05, 0) is 0 Å². The van der Waals surface area contributed by atoms with Crippen LogP contribution in [0.3, 0.4) is 0 Å². The number of aliphatic hydroxyl groups excluding tert-OH is 2. The molecule has 2 N–H and O–H groups in total. The molecule has 0 aliphatic carbocycles. The SMILES string of the molecule is CCP(=O)(CC)C(O)C(O)P(=O)(CC)CC. The van der Waals surface area contributed by atoms with Gasteiger partial charge in [0.15, 0.2) is 0 Å². The van der Waals surface area contributed by atoms with E-state index >= 15 is 0 Å². The summed E-state index contributed by atoms with van der Waals surface area (Å²) in [7, 11) is -5.64. The van der Waals surface area contributed by atoms with E-state index in [1.807, 2.05) is 0 Å². The van der Waals surface area contributed by atoms with E-state index in [0.717, 1.165) is 0 Å². The first-order valence-corrected chi connectivity index (χ1v) is 10.1. The Morgan fingerprint density at radius 1 is 0.750 bits per heavy atom. The molecular weight excluding hydrogens is 246 g/mol. The van der Waals surface area contributed by atoms with Crippen LogP contribution in [0.25, 0.3) is 0 Å². The van der Waals surface area contributed by atoms with Crippen molar-refractivity contribution in [2.24, 2.45) is 0 Å². The fourth-order valence-corrected chi connectivity index (χ4v) is 6.50. The Morgan fingerprint density at radius 2 is 0.938 bits per heavy atom. The van der Waals surface area contributed by atoms with Crippen molar-refractivity contribution in [3.05, 3.63) is 0 Å². The van der Waals surface area contributed by atoms with Gasteiger partial charge in [0.1, 0.15) is 26.0 Å². The van der Waals surface area contributed by atoms with Gasteiger partial charge in [0.2, 0.25) is 0 Å². The molecule has 0 radical (unpaired) electrons. The Morgan fingerprint density at radius 3 is 1.06 bits per heavy atom. The van der Waals surface area contributed by atoms with Gasteiger partial charge in [-0.1, -0.05) is 27.7 Å². The second kappa shape index (κ2) is 6.35. The van der Waals surface area contributed by atoms with Crippen LogP contribution in [0.1, 0.15) is 27.7 Å². The summed E-state index contributed by atoms with van der Waals surface area (Å²) in [6.45, 7) is 6.90. The summed E-state index contributed by atoms with van der Waals surface area (Å²) in [4.78, 5) is 0. The molecule has 0 aromatic rings. The lowest BCUT2D eigenvalue weighted by atomic mass is 10.8. The van der Waals surface area contributed by atoms with Gasteiger partial charge in [0.05, 0.1) is 0 Å². The number of hydrogen-bond acceptors (Lipinski definition) is 4. The topological polar surface area (TPSA) is 74.6 Å². The minimum Gasteiger partial charge on any atom is -0.382 e. The molecule has 0 aromatic heterocycles. The highest BCUT2D eigenvalue weighted by Gasteiger charge is 2.41. The zero-order chi connectivity index (χ0) is 13.0. The minimum atomic E-state index is -2.82. The van der Waals surface area contributed by atoms with Crippen molar-refractivity contribution in [3.8, 4) is 0 Å². The van der Waals surface area contributed by atoms with Gasteiger partial charge >= 0.3 is 0 Å². The average Bonchev–Trinajstić information content (AvgIpc) is 2.34. The summed E-state index contributed by atoms with van der Waals surface area (Å²) in [5.41, 5.74) is 0. The summed E-state index contributed by atoms with van der Waals surface area (Å²) in [5, 5.41) is 19.9. The molecule has 0 aliphatic heterocycles. The minimum absolute atomic E-state index is 0.329. The van der Waals surface area contributed by atoms with Crippen LogP contribution in [0.2, 0.25) is 0 Å². The van der Waals surface area contributed by atoms with Gasteiger partial charge in [-0.15, -0.1) is 0 Å². The van der Waals surface area contributed by atoms with Crippen molar-refractivity contribution < 1.29 is 19.3 Å². The molecule has 0 aliphatic rings. The fraction of sp³-hybridized carbons (Fsp3) is 1.00. The molecule has 0 rings (SSSR count). The standard InChI is InChI=1S/C10H24O4P2/c1-5-15(13,6-2)9(11)10(12)16(14,7-3)8-4/h9-12H,5-8H2,1-4H3. The lowest BCUT2D eigenvalue weighted by molar-refractivity contribution is 0.117. The van der Waals surface area contributed by atoms with E-state index < -0.39 is 26.0 Å². The van der Waals surface area contributed by atoms with Crippen LogP contribution in [0.4, 0.5) is 0 Å². The fourth-order valence-electron chi connectivity index (χ4n) is 1.68. The molecule has 0 spiro atoms. The summed E-state index contributed by atoms with van der Waals surface area (Å²) < 4.78 is 24.5. The van der Waals surface area contributed by atoms with Gasteiger partial charge in [-0.2, -0.15) is 0 Å². The van der Waals surface area contributed by atoms with Crippen molar-refractivity contribution >= 4 is 14.3 Å². The molecule has 0 heterocycles. The third-order valence-corrected chi connectivity index (χ3v) is 10.4. The normalized spacial score (nSPS) is 17.1. The maximum atomic E-state index is 12.2. The molecular formula is C10H24O4P2. The van der Waals surface area contributed by atoms with Crippen molar-refractivity contribution in [1.82, 2.24) is 0 Å². The van der Waals surface area contributed by atoms with Gasteiger partial charge in [-0.3, -0.25) is 0 Å². The first kappa shape index (κ1) is 16.4. The summed E-state index contributed by atoms with van der Waals surface area (Å²) in [6, 6.07) is 0. The largest absolute Gasteiger partial charge is 0.382 e. The molecule has 6 heteroatoms. The van der Waals surface area contributed by atoms with E-state index in [4.69, 9.17) is 0 Å². The third kappa shape index (κ3) is 3.20. The molecule has 2 atom stereocenters. The maximum absolute atomic E-state index is 12.2. The van der Waals surface area contributed by atoms with Crippen molar-refractivity contribution in [2.75, 3.05) is 24.6 Å². The average molecular weight is 270 g/mol. The highest BCUT2D eigenvalue weighted by Crippen LogP contribution is 2.59. The second-order valence-electron chi connectivity index (χ2n) is 4.00. The molecule has 0 bridgehead atoms. The van der Waals surface area contributed by atoms with Crippen LogP contribution < -0.4 is 0 Å². The number of aliphatic hydroxyl groups is 2. The predicted octanol–water partition coefficient (Wildman–Crippen LogP) is 2.43. The lowest BCUT2D eigenvalue weighted by Crippen LogP contribution is -2.29. The van der Waals surface area contributed by atoms with Crippen molar-refractivity contribution in [2.45, 2.75) is 39.4 Å². The van der Waals surface area contributed by atoms with Gasteiger partial charge < -0.3 is 19.3 Å². The van der Waals surface area contributed by atoms with Crippen molar-refractivity contribution in [1.29, 1.82) is 0 Å². The van der Waals surface area contributed by atoms with E-state index in [1.165, 1.54) is 0 Å². The molecule has 0 saturated heterocycles. The smallest absolute Gasteiger partial charge is 0.139 e. The molecule has 0 fully saturated rings. The Balaban J connectivity index is 5.06. The predicted molar refractivity (Wildman–Crippen MR) is 69.4 cm³/mol. The number of hydrogen-bond donors (Lipinski definition) is 2. The molecule has 16 heavy (non-hydrogen) atoms. The van der Waals surface area contributed by atoms with E-state index in [9.17, 15) is 19.3 Å². The molecule has 0 amide bonds. The molecule has 4 nitrogen and oxygen atoms in total. The second-order valence-corrected chi connectivity index (χ2v) is 11.4. The van der Waals surface area contributed by atoms with Gasteiger partial charge in [0.25, 0.3) is 0 Å². The highest BCUT2D eigenvalue weighted by atomic mass is 31.2. The first-order chi connectivity index (χ1) is 7.31. The van der Waals surface area contributed by atoms with E-state index in [1.54, 1.807) is 27.7 Å². The van der Waals surface area contributed by atoms with Crippen molar-refractivity contribution in [3.63, 3.8) is 0 Å². The molecule has 2 unspecified atom stereocenters. The van der Waals surface area contributed by atoms with Crippen LogP contribution in [0.5, 0.6) is 0 Å². The number of rotatable bonds is 7. The summed E-state index contributed by atoms with van der Waals surface area (Å²) in [5.74, 6) is -2.68. The van der Waals surface area contributed by atoms with Crippen LogP contribution in [0.15, 0.2) is 0 Å². The Hall–Kier alpha value is 0.380. The van der Waals surface area contributed by atoms with Gasteiger partial charge in [0, 0.05) is 24.6 Å². The van der Waals surface area contributed by atoms with Crippen LogP contribution in [-0.4, -0.2) is 46.6 Å². The highest BCUT2D eigenvalue weighted by molar-refractivity contribution is 7.68. The van der Waals surface area contributed by atoms with E-state index in [0.29, 0.717) is 24.6 Å². The monoisotopic (exact) mass is 270 g/mol. The van der Waals surface area contributed by atoms with Crippen LogP contribution in [-0.2, 0) is 9.13 Å².